The minimum atomic E-state index is -0.134. The molecule has 106 valence electrons. The molecule has 0 aliphatic heterocycles. The lowest BCUT2D eigenvalue weighted by Gasteiger charge is -2.10. The molecule has 0 amide bonds. The Hall–Kier alpha value is -2.43. The molecule has 2 N–H and O–H groups in total. The molecule has 1 heterocycles. The van der Waals surface area contributed by atoms with E-state index >= 15 is 0 Å². The van der Waals surface area contributed by atoms with Gasteiger partial charge in [-0.2, -0.15) is 0 Å². The number of pyridine rings is 1. The van der Waals surface area contributed by atoms with Crippen molar-refractivity contribution in [1.82, 2.24) is 4.98 Å². The normalized spacial score (nSPS) is 10.8. The number of ether oxygens (including phenoxy) is 1. The summed E-state index contributed by atoms with van der Waals surface area (Å²) in [5.74, 6) is 1.11. The van der Waals surface area contributed by atoms with Gasteiger partial charge >= 0.3 is 0 Å². The number of aliphatic hydroxyl groups is 2. The summed E-state index contributed by atoms with van der Waals surface area (Å²) in [7, 11) is 0. The van der Waals surface area contributed by atoms with Crippen molar-refractivity contribution in [3.63, 3.8) is 0 Å². The van der Waals surface area contributed by atoms with Crippen molar-refractivity contribution >= 4 is 10.8 Å². The molecule has 0 saturated carbocycles. The van der Waals surface area contributed by atoms with E-state index in [0.29, 0.717) is 17.3 Å². The molecule has 3 rings (SSSR count). The zero-order chi connectivity index (χ0) is 14.7. The third-order valence-corrected chi connectivity index (χ3v) is 3.24. The lowest BCUT2D eigenvalue weighted by atomic mass is 10.1. The van der Waals surface area contributed by atoms with Crippen molar-refractivity contribution in [2.75, 3.05) is 0 Å². The molecule has 0 unspecified atom stereocenters. The number of fused-ring (bicyclic) bond motifs is 1. The fraction of sp³-hybridized carbons (Fsp3) is 0.118. The Morgan fingerprint density at radius 1 is 0.905 bits per heavy atom. The standard InChI is InChI=1S/C17H15NO3/c19-10-12-5-7-15(8-6-12)21-17-16-4-2-1-3-13(16)9-14(11-20)18-17/h1-9,19-20H,10-11H2. The van der Waals surface area contributed by atoms with Gasteiger partial charge in [-0.25, -0.2) is 4.98 Å². The number of rotatable bonds is 4. The number of nitrogens with zero attached hydrogens (tertiary/aromatic N) is 1. The van der Waals surface area contributed by atoms with Crippen molar-refractivity contribution < 1.29 is 14.9 Å². The predicted octanol–water partition coefficient (Wildman–Crippen LogP) is 3.01. The minimum Gasteiger partial charge on any atom is -0.438 e. The molecule has 0 atom stereocenters. The Morgan fingerprint density at radius 2 is 1.67 bits per heavy atom. The molecule has 21 heavy (non-hydrogen) atoms. The van der Waals surface area contributed by atoms with Gasteiger partial charge in [-0.15, -0.1) is 0 Å². The fourth-order valence-electron chi connectivity index (χ4n) is 2.15. The predicted molar refractivity (Wildman–Crippen MR) is 80.1 cm³/mol. The van der Waals surface area contributed by atoms with Crippen LogP contribution in [0, 0.1) is 0 Å². The van der Waals surface area contributed by atoms with Crippen LogP contribution in [-0.4, -0.2) is 15.2 Å². The van der Waals surface area contributed by atoms with Crippen LogP contribution in [0.5, 0.6) is 11.6 Å². The summed E-state index contributed by atoms with van der Waals surface area (Å²) in [4.78, 5) is 4.34. The van der Waals surface area contributed by atoms with Crippen LogP contribution in [0.3, 0.4) is 0 Å². The zero-order valence-electron chi connectivity index (χ0n) is 11.4. The molecule has 2 aromatic carbocycles. The van der Waals surface area contributed by atoms with Gasteiger partial charge in [0.05, 0.1) is 18.9 Å². The lowest BCUT2D eigenvalue weighted by molar-refractivity contribution is 0.275. The first-order valence-electron chi connectivity index (χ1n) is 6.67. The van der Waals surface area contributed by atoms with Crippen molar-refractivity contribution in [3.05, 3.63) is 65.9 Å². The van der Waals surface area contributed by atoms with Gasteiger partial charge in [-0.05, 0) is 35.2 Å². The molecule has 3 aromatic rings. The number of benzene rings is 2. The maximum Gasteiger partial charge on any atom is 0.227 e. The van der Waals surface area contributed by atoms with Gasteiger partial charge in [-0.1, -0.05) is 30.3 Å². The van der Waals surface area contributed by atoms with Gasteiger partial charge in [0.25, 0.3) is 0 Å². The smallest absolute Gasteiger partial charge is 0.227 e. The highest BCUT2D eigenvalue weighted by Crippen LogP contribution is 2.29. The number of hydrogen-bond donors (Lipinski definition) is 2. The molecule has 0 saturated heterocycles. The van der Waals surface area contributed by atoms with Crippen LogP contribution in [0.2, 0.25) is 0 Å². The van der Waals surface area contributed by atoms with Crippen molar-refractivity contribution in [3.8, 4) is 11.6 Å². The molecule has 0 radical (unpaired) electrons. The summed E-state index contributed by atoms with van der Waals surface area (Å²) >= 11 is 0. The van der Waals surface area contributed by atoms with Gasteiger partial charge in [0, 0.05) is 5.39 Å². The lowest BCUT2D eigenvalue weighted by Crippen LogP contribution is -1.95. The maximum absolute atomic E-state index is 9.31. The van der Waals surface area contributed by atoms with E-state index in [2.05, 4.69) is 4.98 Å². The van der Waals surface area contributed by atoms with E-state index < -0.39 is 0 Å². The average molecular weight is 281 g/mol. The molecule has 4 heteroatoms. The second kappa shape index (κ2) is 5.91. The SMILES string of the molecule is OCc1ccc(Oc2nc(CO)cc3ccccc23)cc1. The molecule has 0 spiro atoms. The van der Waals surface area contributed by atoms with Crippen LogP contribution >= 0.6 is 0 Å². The van der Waals surface area contributed by atoms with Gasteiger partial charge in [0.2, 0.25) is 5.88 Å². The minimum absolute atomic E-state index is 0.00145. The summed E-state index contributed by atoms with van der Waals surface area (Å²) in [5, 5.41) is 20.2. The molecule has 0 fully saturated rings. The molecule has 1 aromatic heterocycles. The van der Waals surface area contributed by atoms with E-state index in [-0.39, 0.29) is 13.2 Å². The highest BCUT2D eigenvalue weighted by molar-refractivity contribution is 5.87. The van der Waals surface area contributed by atoms with Crippen molar-refractivity contribution in [2.24, 2.45) is 0 Å². The van der Waals surface area contributed by atoms with E-state index in [1.165, 1.54) is 0 Å². The molecule has 0 bridgehead atoms. The first-order chi connectivity index (χ1) is 10.3. The second-order valence-electron chi connectivity index (χ2n) is 4.70. The summed E-state index contributed by atoms with van der Waals surface area (Å²) in [5.41, 5.74) is 1.39. The van der Waals surface area contributed by atoms with Crippen molar-refractivity contribution in [1.29, 1.82) is 0 Å². The molecule has 0 aliphatic carbocycles. The number of aromatic nitrogens is 1. The average Bonchev–Trinajstić information content (AvgIpc) is 2.55. The highest BCUT2D eigenvalue weighted by atomic mass is 16.5. The zero-order valence-corrected chi connectivity index (χ0v) is 11.4. The molecular formula is C17H15NO3. The van der Waals surface area contributed by atoms with Crippen LogP contribution < -0.4 is 4.74 Å². The first-order valence-corrected chi connectivity index (χ1v) is 6.67. The monoisotopic (exact) mass is 281 g/mol. The highest BCUT2D eigenvalue weighted by Gasteiger charge is 2.08. The third-order valence-electron chi connectivity index (χ3n) is 3.24. The summed E-state index contributed by atoms with van der Waals surface area (Å²) in [6.45, 7) is -0.133. The maximum atomic E-state index is 9.31. The third kappa shape index (κ3) is 2.86. The van der Waals surface area contributed by atoms with Crippen LogP contribution in [-0.2, 0) is 13.2 Å². The Labute approximate surface area is 122 Å². The van der Waals surface area contributed by atoms with E-state index in [4.69, 9.17) is 9.84 Å². The Bertz CT molecular complexity index is 754. The Balaban J connectivity index is 2.01. The van der Waals surface area contributed by atoms with Crippen LogP contribution in [0.1, 0.15) is 11.3 Å². The number of aliphatic hydroxyl groups excluding tert-OH is 2. The van der Waals surface area contributed by atoms with E-state index in [1.54, 1.807) is 24.3 Å². The van der Waals surface area contributed by atoms with E-state index in [9.17, 15) is 5.11 Å². The van der Waals surface area contributed by atoms with Crippen LogP contribution in [0.25, 0.3) is 10.8 Å². The fourth-order valence-corrected chi connectivity index (χ4v) is 2.15. The second-order valence-corrected chi connectivity index (χ2v) is 4.70. The van der Waals surface area contributed by atoms with Crippen LogP contribution in [0.15, 0.2) is 54.6 Å². The van der Waals surface area contributed by atoms with Crippen molar-refractivity contribution in [2.45, 2.75) is 13.2 Å². The summed E-state index contributed by atoms with van der Waals surface area (Å²) in [6.07, 6.45) is 0. The molecule has 4 nitrogen and oxygen atoms in total. The Morgan fingerprint density at radius 3 is 2.38 bits per heavy atom. The van der Waals surface area contributed by atoms with Gasteiger partial charge < -0.3 is 14.9 Å². The largest absolute Gasteiger partial charge is 0.438 e. The molecular weight excluding hydrogens is 266 g/mol. The first kappa shape index (κ1) is 13.5. The van der Waals surface area contributed by atoms with Gasteiger partial charge in [0.1, 0.15) is 5.75 Å². The van der Waals surface area contributed by atoms with Gasteiger partial charge in [0.15, 0.2) is 0 Å². The van der Waals surface area contributed by atoms with Crippen LogP contribution in [0.4, 0.5) is 0 Å². The Kier molecular flexibility index (Phi) is 3.81. The van der Waals surface area contributed by atoms with Gasteiger partial charge in [-0.3, -0.25) is 0 Å². The van der Waals surface area contributed by atoms with E-state index in [1.807, 2.05) is 30.3 Å². The summed E-state index contributed by atoms with van der Waals surface area (Å²) < 4.78 is 5.83. The van der Waals surface area contributed by atoms with E-state index in [0.717, 1.165) is 16.3 Å². The summed E-state index contributed by atoms with van der Waals surface area (Å²) in [6, 6.07) is 16.8. The quantitative estimate of drug-likeness (QED) is 0.771. The number of hydrogen-bond acceptors (Lipinski definition) is 4. The molecule has 0 aliphatic rings. The topological polar surface area (TPSA) is 62.6 Å².